The lowest BCUT2D eigenvalue weighted by Crippen LogP contribution is -2.63. The summed E-state index contributed by atoms with van der Waals surface area (Å²) < 4.78 is 0. The van der Waals surface area contributed by atoms with Crippen molar-refractivity contribution in [1.82, 2.24) is 20.1 Å². The van der Waals surface area contributed by atoms with Gasteiger partial charge in [-0.2, -0.15) is 5.10 Å². The van der Waals surface area contributed by atoms with Gasteiger partial charge >= 0.3 is 0 Å². The highest BCUT2D eigenvalue weighted by Gasteiger charge is 2.34. The Morgan fingerprint density at radius 1 is 0.846 bits per heavy atom. The van der Waals surface area contributed by atoms with Gasteiger partial charge in [-0.05, 0) is 49.4 Å². The topological polar surface area (TPSA) is 48.4 Å². The van der Waals surface area contributed by atoms with Gasteiger partial charge in [0.05, 0.1) is 5.69 Å². The monoisotopic (exact) mass is 350 g/mol. The van der Waals surface area contributed by atoms with Gasteiger partial charge in [0, 0.05) is 51.5 Å². The molecule has 1 aliphatic carbocycles. The quantitative estimate of drug-likeness (QED) is 0.841. The Balaban J connectivity index is 1.15. The number of anilines is 2. The normalized spacial score (nSPS) is 21.4. The third kappa shape index (κ3) is 3.03. The van der Waals surface area contributed by atoms with Crippen molar-refractivity contribution in [2.24, 2.45) is 0 Å². The van der Waals surface area contributed by atoms with Crippen molar-refractivity contribution in [3.05, 3.63) is 41.7 Å². The molecule has 2 saturated heterocycles. The Bertz CT molecular complexity index is 750. The van der Waals surface area contributed by atoms with Crippen LogP contribution in [0.3, 0.4) is 0 Å². The van der Waals surface area contributed by atoms with E-state index in [0.29, 0.717) is 6.04 Å². The Kier molecular flexibility index (Phi) is 4.21. The number of pyridine rings is 1. The standard InChI is InChI=1S/C20H26N6/c1-2-6-18-16(5-1)13-20(23-22-18)26-14-17(15-26)24-9-11-25(12-10-24)19-7-3-4-8-21-19/h3-4,7-8,13,17H,1-2,5-6,9-12,14-15H2. The average Bonchev–Trinajstić information content (AvgIpc) is 2.68. The zero-order chi connectivity index (χ0) is 17.3. The van der Waals surface area contributed by atoms with Gasteiger partial charge < -0.3 is 9.80 Å². The summed E-state index contributed by atoms with van der Waals surface area (Å²) in [6.07, 6.45) is 6.71. The van der Waals surface area contributed by atoms with Gasteiger partial charge in [-0.15, -0.1) is 5.10 Å². The molecule has 0 N–H and O–H groups in total. The molecule has 2 aromatic rings. The van der Waals surface area contributed by atoms with Crippen molar-refractivity contribution in [2.45, 2.75) is 31.7 Å². The maximum absolute atomic E-state index is 4.49. The molecule has 0 spiro atoms. The zero-order valence-corrected chi connectivity index (χ0v) is 15.2. The summed E-state index contributed by atoms with van der Waals surface area (Å²) >= 11 is 0. The highest BCUT2D eigenvalue weighted by atomic mass is 15.4. The maximum atomic E-state index is 4.49. The molecule has 0 amide bonds. The van der Waals surface area contributed by atoms with Gasteiger partial charge in [0.15, 0.2) is 5.82 Å². The van der Waals surface area contributed by atoms with E-state index in [4.69, 9.17) is 0 Å². The minimum absolute atomic E-state index is 0.652. The second-order valence-corrected chi connectivity index (χ2v) is 7.65. The van der Waals surface area contributed by atoms with Gasteiger partial charge in [0.25, 0.3) is 0 Å². The molecule has 5 rings (SSSR count). The number of aryl methyl sites for hydroxylation is 2. The molecule has 6 heteroatoms. The number of fused-ring (bicyclic) bond motifs is 1. The van der Waals surface area contributed by atoms with E-state index < -0.39 is 0 Å². The predicted molar refractivity (Wildman–Crippen MR) is 103 cm³/mol. The summed E-state index contributed by atoms with van der Waals surface area (Å²) in [5.74, 6) is 2.18. The Morgan fingerprint density at radius 2 is 1.69 bits per heavy atom. The minimum Gasteiger partial charge on any atom is -0.354 e. The maximum Gasteiger partial charge on any atom is 0.151 e. The largest absolute Gasteiger partial charge is 0.354 e. The number of piperazine rings is 1. The second-order valence-electron chi connectivity index (χ2n) is 7.65. The van der Waals surface area contributed by atoms with Crippen LogP contribution in [0.5, 0.6) is 0 Å². The first-order valence-electron chi connectivity index (χ1n) is 9.87. The van der Waals surface area contributed by atoms with Gasteiger partial charge in [-0.3, -0.25) is 4.90 Å². The molecule has 4 heterocycles. The third-order valence-corrected chi connectivity index (χ3v) is 6.05. The number of rotatable bonds is 3. The fraction of sp³-hybridized carbons (Fsp3) is 0.550. The van der Waals surface area contributed by atoms with Crippen LogP contribution in [0, 0.1) is 0 Å². The van der Waals surface area contributed by atoms with Gasteiger partial charge in [0.2, 0.25) is 0 Å². The van der Waals surface area contributed by atoms with E-state index in [1.54, 1.807) is 0 Å². The van der Waals surface area contributed by atoms with E-state index in [0.717, 1.165) is 57.3 Å². The van der Waals surface area contributed by atoms with Crippen molar-refractivity contribution < 1.29 is 0 Å². The van der Waals surface area contributed by atoms with E-state index in [-0.39, 0.29) is 0 Å². The Hall–Kier alpha value is -2.21. The summed E-state index contributed by atoms with van der Waals surface area (Å²) in [5.41, 5.74) is 2.65. The summed E-state index contributed by atoms with van der Waals surface area (Å²) in [5, 5.41) is 8.97. The van der Waals surface area contributed by atoms with E-state index in [1.807, 2.05) is 12.3 Å². The smallest absolute Gasteiger partial charge is 0.151 e. The van der Waals surface area contributed by atoms with Gasteiger partial charge in [-0.1, -0.05) is 6.07 Å². The molecule has 6 nitrogen and oxygen atoms in total. The first kappa shape index (κ1) is 16.0. The van der Waals surface area contributed by atoms with Crippen LogP contribution in [0.15, 0.2) is 30.5 Å². The first-order valence-corrected chi connectivity index (χ1v) is 9.87. The van der Waals surface area contributed by atoms with Gasteiger partial charge in [0.1, 0.15) is 5.82 Å². The lowest BCUT2D eigenvalue weighted by atomic mass is 9.96. The van der Waals surface area contributed by atoms with Crippen LogP contribution in [0.2, 0.25) is 0 Å². The zero-order valence-electron chi connectivity index (χ0n) is 15.2. The van der Waals surface area contributed by atoms with Crippen molar-refractivity contribution in [3.8, 4) is 0 Å². The van der Waals surface area contributed by atoms with Crippen molar-refractivity contribution >= 4 is 11.6 Å². The van der Waals surface area contributed by atoms with Crippen LogP contribution < -0.4 is 9.80 Å². The van der Waals surface area contributed by atoms with E-state index in [9.17, 15) is 0 Å². The number of hydrogen-bond acceptors (Lipinski definition) is 6. The highest BCUT2D eigenvalue weighted by Crippen LogP contribution is 2.27. The van der Waals surface area contributed by atoms with Crippen molar-refractivity contribution in [2.75, 3.05) is 49.1 Å². The van der Waals surface area contributed by atoms with E-state index in [1.165, 1.54) is 30.5 Å². The molecular formula is C20H26N6. The Labute approximate surface area is 154 Å². The van der Waals surface area contributed by atoms with E-state index in [2.05, 4.69) is 48.1 Å². The SMILES string of the molecule is c1ccc(N2CCN(C3CN(c4cc5c(nn4)CCCC5)C3)CC2)nc1. The highest BCUT2D eigenvalue weighted by molar-refractivity contribution is 5.45. The minimum atomic E-state index is 0.652. The summed E-state index contributed by atoms with van der Waals surface area (Å²) in [6.45, 7) is 6.52. The van der Waals surface area contributed by atoms with Crippen LogP contribution >= 0.6 is 0 Å². The summed E-state index contributed by atoms with van der Waals surface area (Å²) in [4.78, 5) is 11.9. The number of hydrogen-bond donors (Lipinski definition) is 0. The molecule has 136 valence electrons. The van der Waals surface area contributed by atoms with Crippen LogP contribution in [0.1, 0.15) is 24.1 Å². The lowest BCUT2D eigenvalue weighted by molar-refractivity contribution is 0.156. The van der Waals surface area contributed by atoms with Crippen molar-refractivity contribution in [1.29, 1.82) is 0 Å². The molecule has 0 aromatic carbocycles. The number of nitrogens with zero attached hydrogens (tertiary/aromatic N) is 6. The van der Waals surface area contributed by atoms with Crippen LogP contribution in [0.4, 0.5) is 11.6 Å². The first-order chi connectivity index (χ1) is 12.9. The molecular weight excluding hydrogens is 324 g/mol. The van der Waals surface area contributed by atoms with Crippen LogP contribution in [0.25, 0.3) is 0 Å². The third-order valence-electron chi connectivity index (χ3n) is 6.05. The molecule has 26 heavy (non-hydrogen) atoms. The fourth-order valence-corrected chi connectivity index (χ4v) is 4.36. The molecule has 0 bridgehead atoms. The molecule has 3 aliphatic rings. The summed E-state index contributed by atoms with van der Waals surface area (Å²) in [6, 6.07) is 9.09. The Morgan fingerprint density at radius 3 is 2.50 bits per heavy atom. The molecule has 2 aliphatic heterocycles. The van der Waals surface area contributed by atoms with Crippen LogP contribution in [-0.2, 0) is 12.8 Å². The summed E-state index contributed by atoms with van der Waals surface area (Å²) in [7, 11) is 0. The fourth-order valence-electron chi connectivity index (χ4n) is 4.36. The van der Waals surface area contributed by atoms with E-state index >= 15 is 0 Å². The predicted octanol–water partition coefficient (Wildman–Crippen LogP) is 1.76. The molecule has 0 radical (unpaired) electrons. The van der Waals surface area contributed by atoms with Gasteiger partial charge in [-0.25, -0.2) is 4.98 Å². The average molecular weight is 350 g/mol. The molecule has 2 fully saturated rings. The molecule has 0 saturated carbocycles. The molecule has 2 aromatic heterocycles. The lowest BCUT2D eigenvalue weighted by Gasteiger charge is -2.48. The number of aromatic nitrogens is 3. The van der Waals surface area contributed by atoms with Crippen LogP contribution in [-0.4, -0.2) is 65.4 Å². The molecule has 0 unspecified atom stereocenters. The van der Waals surface area contributed by atoms with Crippen molar-refractivity contribution in [3.63, 3.8) is 0 Å². The molecule has 0 atom stereocenters. The second kappa shape index (κ2) is 6.83.